The summed E-state index contributed by atoms with van der Waals surface area (Å²) in [5.74, 6) is 0.815. The lowest BCUT2D eigenvalue weighted by Gasteiger charge is -2.02. The summed E-state index contributed by atoms with van der Waals surface area (Å²) in [6.45, 7) is 2.36. The second-order valence-corrected chi connectivity index (χ2v) is 4.07. The number of nitrogens with one attached hydrogen (secondary N) is 1. The van der Waals surface area contributed by atoms with Crippen LogP contribution < -0.4 is 5.32 Å². The number of nitriles is 1. The second kappa shape index (κ2) is 4.28. The third-order valence-corrected chi connectivity index (χ3v) is 3.08. The third kappa shape index (κ3) is 1.87. The summed E-state index contributed by atoms with van der Waals surface area (Å²) in [6, 6.07) is 2.13. The molecule has 0 aliphatic carbocycles. The summed E-state index contributed by atoms with van der Waals surface area (Å²) in [5.41, 5.74) is 1.36. The van der Waals surface area contributed by atoms with E-state index in [1.165, 1.54) is 11.5 Å². The molecule has 0 aromatic carbocycles. The molecule has 0 aliphatic heterocycles. The van der Waals surface area contributed by atoms with Crippen molar-refractivity contribution in [3.8, 4) is 6.07 Å². The summed E-state index contributed by atoms with van der Waals surface area (Å²) in [5, 5.41) is 20.6. The van der Waals surface area contributed by atoms with E-state index >= 15 is 0 Å². The van der Waals surface area contributed by atoms with E-state index in [2.05, 4.69) is 26.0 Å². The van der Waals surface area contributed by atoms with E-state index in [1.807, 2.05) is 18.5 Å². The Morgan fingerprint density at radius 1 is 1.62 bits per heavy atom. The van der Waals surface area contributed by atoms with Crippen molar-refractivity contribution in [1.82, 2.24) is 19.1 Å². The van der Waals surface area contributed by atoms with Gasteiger partial charge in [-0.2, -0.15) is 9.64 Å². The van der Waals surface area contributed by atoms with Crippen molar-refractivity contribution in [1.29, 1.82) is 5.26 Å². The lowest BCUT2D eigenvalue weighted by Crippen LogP contribution is -2.05. The molecule has 0 amide bonds. The van der Waals surface area contributed by atoms with Crippen molar-refractivity contribution in [3.05, 3.63) is 23.4 Å². The van der Waals surface area contributed by atoms with Gasteiger partial charge in [0.05, 0.1) is 12.2 Å². The van der Waals surface area contributed by atoms with Crippen molar-refractivity contribution in [2.45, 2.75) is 13.5 Å². The highest BCUT2D eigenvalue weighted by Crippen LogP contribution is 2.23. The molecule has 0 unspecified atom stereocenters. The van der Waals surface area contributed by atoms with Gasteiger partial charge in [-0.05, 0) is 18.5 Å². The van der Waals surface area contributed by atoms with Crippen LogP contribution in [0.2, 0.25) is 0 Å². The highest BCUT2D eigenvalue weighted by Gasteiger charge is 2.10. The van der Waals surface area contributed by atoms with E-state index < -0.39 is 0 Å². The Labute approximate surface area is 96.7 Å². The summed E-state index contributed by atoms with van der Waals surface area (Å²) in [7, 11) is 1.88. The van der Waals surface area contributed by atoms with Crippen LogP contribution in [-0.4, -0.2) is 19.1 Å². The van der Waals surface area contributed by atoms with Gasteiger partial charge < -0.3 is 9.88 Å². The van der Waals surface area contributed by atoms with Crippen LogP contribution in [-0.2, 0) is 13.6 Å². The quantitative estimate of drug-likeness (QED) is 0.859. The molecule has 2 rings (SSSR count). The van der Waals surface area contributed by atoms with Crippen LogP contribution in [0, 0.1) is 18.3 Å². The number of nitrogens with zero attached hydrogens (tertiary/aromatic N) is 5. The minimum absolute atomic E-state index is 0.535. The average molecular weight is 234 g/mol. The van der Waals surface area contributed by atoms with Gasteiger partial charge in [-0.3, -0.25) is 0 Å². The van der Waals surface area contributed by atoms with Crippen molar-refractivity contribution in [2.75, 3.05) is 5.32 Å². The number of aryl methyl sites for hydroxylation is 2. The topological polar surface area (TPSA) is 79.4 Å². The highest BCUT2D eigenvalue weighted by atomic mass is 32.1. The molecule has 0 atom stereocenters. The minimum atomic E-state index is 0.535. The lowest BCUT2D eigenvalue weighted by molar-refractivity contribution is 0.813. The molecule has 2 aromatic rings. The predicted octanol–water partition coefficient (Wildman–Crippen LogP) is 1.06. The van der Waals surface area contributed by atoms with Crippen LogP contribution in [0.4, 0.5) is 5.00 Å². The maximum atomic E-state index is 8.94. The van der Waals surface area contributed by atoms with E-state index in [-0.39, 0.29) is 0 Å². The Bertz CT molecular complexity index is 534. The number of aromatic nitrogens is 4. The standard InChI is InChI=1S/C9H10N6S/c1-6-7(3-10)9(16-14-6)11-4-8-13-12-5-15(8)2/h5,11H,4H2,1-2H3. The van der Waals surface area contributed by atoms with Gasteiger partial charge in [-0.25, -0.2) is 0 Å². The Kier molecular flexibility index (Phi) is 2.83. The first-order valence-electron chi connectivity index (χ1n) is 4.65. The summed E-state index contributed by atoms with van der Waals surface area (Å²) >= 11 is 1.29. The Morgan fingerprint density at radius 3 is 3.06 bits per heavy atom. The molecule has 0 bridgehead atoms. The molecule has 82 valence electrons. The maximum absolute atomic E-state index is 8.94. The van der Waals surface area contributed by atoms with Gasteiger partial charge in [0, 0.05) is 7.05 Å². The van der Waals surface area contributed by atoms with Crippen LogP contribution in [0.25, 0.3) is 0 Å². The predicted molar refractivity (Wildman–Crippen MR) is 59.9 cm³/mol. The molecule has 0 fully saturated rings. The Hall–Kier alpha value is -1.94. The second-order valence-electron chi connectivity index (χ2n) is 3.30. The summed E-state index contributed by atoms with van der Waals surface area (Å²) in [6.07, 6.45) is 1.64. The molecule has 0 saturated heterocycles. The van der Waals surface area contributed by atoms with E-state index in [0.29, 0.717) is 12.1 Å². The molecular formula is C9H10N6S. The van der Waals surface area contributed by atoms with Crippen molar-refractivity contribution < 1.29 is 0 Å². The summed E-state index contributed by atoms with van der Waals surface area (Å²) < 4.78 is 5.95. The third-order valence-electron chi connectivity index (χ3n) is 2.19. The minimum Gasteiger partial charge on any atom is -0.367 e. The van der Waals surface area contributed by atoms with Crippen molar-refractivity contribution >= 4 is 16.5 Å². The zero-order valence-corrected chi connectivity index (χ0v) is 9.75. The molecule has 1 N–H and O–H groups in total. The number of hydrogen-bond acceptors (Lipinski definition) is 6. The fraction of sp³-hybridized carbons (Fsp3) is 0.333. The normalized spacial score (nSPS) is 10.1. The first-order chi connectivity index (χ1) is 7.72. The van der Waals surface area contributed by atoms with E-state index in [0.717, 1.165) is 16.5 Å². The molecule has 2 aromatic heterocycles. The smallest absolute Gasteiger partial charge is 0.151 e. The molecule has 0 aliphatic rings. The van der Waals surface area contributed by atoms with Crippen molar-refractivity contribution in [2.24, 2.45) is 7.05 Å². The maximum Gasteiger partial charge on any atom is 0.151 e. The zero-order chi connectivity index (χ0) is 11.5. The first-order valence-corrected chi connectivity index (χ1v) is 5.43. The van der Waals surface area contributed by atoms with Crippen molar-refractivity contribution in [3.63, 3.8) is 0 Å². The molecule has 0 radical (unpaired) electrons. The van der Waals surface area contributed by atoms with Crippen LogP contribution >= 0.6 is 11.5 Å². The van der Waals surface area contributed by atoms with Gasteiger partial charge in [0.25, 0.3) is 0 Å². The zero-order valence-electron chi connectivity index (χ0n) is 8.93. The molecule has 6 nitrogen and oxygen atoms in total. The van der Waals surface area contributed by atoms with Gasteiger partial charge in [0.2, 0.25) is 0 Å². The van der Waals surface area contributed by atoms with Crippen LogP contribution in [0.15, 0.2) is 6.33 Å². The Balaban J connectivity index is 2.11. The fourth-order valence-corrected chi connectivity index (χ4v) is 1.99. The van der Waals surface area contributed by atoms with Gasteiger partial charge in [-0.1, -0.05) is 0 Å². The van der Waals surface area contributed by atoms with Gasteiger partial charge in [0.15, 0.2) is 5.82 Å². The fourth-order valence-electron chi connectivity index (χ4n) is 1.25. The molecule has 16 heavy (non-hydrogen) atoms. The number of rotatable bonds is 3. The number of hydrogen-bond donors (Lipinski definition) is 1. The van der Waals surface area contributed by atoms with Gasteiger partial charge in [-0.15, -0.1) is 10.2 Å². The molecule has 2 heterocycles. The molecule has 0 spiro atoms. The first kappa shape index (κ1) is 10.6. The molecule has 0 saturated carbocycles. The van der Waals surface area contributed by atoms with Gasteiger partial charge >= 0.3 is 0 Å². The monoisotopic (exact) mass is 234 g/mol. The lowest BCUT2D eigenvalue weighted by atomic mass is 10.3. The summed E-state index contributed by atoms with van der Waals surface area (Å²) in [4.78, 5) is 0. The highest BCUT2D eigenvalue weighted by molar-refractivity contribution is 7.10. The largest absolute Gasteiger partial charge is 0.367 e. The van der Waals surface area contributed by atoms with E-state index in [1.54, 1.807) is 6.33 Å². The Morgan fingerprint density at radius 2 is 2.44 bits per heavy atom. The molecular weight excluding hydrogens is 224 g/mol. The van der Waals surface area contributed by atoms with E-state index in [9.17, 15) is 0 Å². The SMILES string of the molecule is Cc1nsc(NCc2nncn2C)c1C#N. The average Bonchev–Trinajstić information content (AvgIpc) is 2.82. The van der Waals surface area contributed by atoms with E-state index in [4.69, 9.17) is 5.26 Å². The van der Waals surface area contributed by atoms with Crippen LogP contribution in [0.3, 0.4) is 0 Å². The number of anilines is 1. The van der Waals surface area contributed by atoms with Crippen LogP contribution in [0.5, 0.6) is 0 Å². The van der Waals surface area contributed by atoms with Gasteiger partial charge in [0.1, 0.15) is 23.0 Å². The molecule has 7 heteroatoms. The van der Waals surface area contributed by atoms with Crippen LogP contribution in [0.1, 0.15) is 17.1 Å².